The number of rotatable bonds is 2. The molecule has 1 aliphatic heterocycles. The normalized spacial score (nSPS) is 24.9. The van der Waals surface area contributed by atoms with Gasteiger partial charge in [0.1, 0.15) is 0 Å². The van der Waals surface area contributed by atoms with Crippen LogP contribution < -0.4 is 5.32 Å². The van der Waals surface area contributed by atoms with E-state index in [4.69, 9.17) is 4.99 Å². The molecule has 0 radical (unpaired) electrons. The Bertz CT molecular complexity index is 324. The average Bonchev–Trinajstić information content (AvgIpc) is 2.38. The Morgan fingerprint density at radius 1 is 1.26 bits per heavy atom. The van der Waals surface area contributed by atoms with Gasteiger partial charge in [0.25, 0.3) is 0 Å². The molecular weight excluding hydrogens is 252 g/mol. The number of nitrogens with zero attached hydrogens (tertiary/aromatic N) is 1. The number of amidine groups is 1. The van der Waals surface area contributed by atoms with Gasteiger partial charge in [-0.05, 0) is 29.6 Å². The van der Waals surface area contributed by atoms with Crippen LogP contribution in [0, 0.1) is 16.7 Å². The molecule has 1 spiro atoms. The summed E-state index contributed by atoms with van der Waals surface area (Å²) in [5.41, 5.74) is 0.918. The Morgan fingerprint density at radius 3 is 2.47 bits per heavy atom. The number of hydrogen-bond acceptors (Lipinski definition) is 3. The summed E-state index contributed by atoms with van der Waals surface area (Å²) in [4.78, 5) is 4.83. The summed E-state index contributed by atoms with van der Waals surface area (Å²) < 4.78 is 0. The summed E-state index contributed by atoms with van der Waals surface area (Å²) in [5.74, 6) is 1.95. The topological polar surface area (TPSA) is 24.4 Å². The molecule has 2 aliphatic rings. The molecule has 1 N–H and O–H groups in total. The monoisotopic (exact) mass is 282 g/mol. The summed E-state index contributed by atoms with van der Waals surface area (Å²) in [6.07, 6.45) is 7.06. The molecule has 1 aliphatic carbocycles. The minimum absolute atomic E-state index is 0.373. The van der Waals surface area contributed by atoms with Crippen LogP contribution in [0.4, 0.5) is 0 Å². The minimum atomic E-state index is 0.373. The van der Waals surface area contributed by atoms with E-state index in [9.17, 15) is 0 Å². The van der Waals surface area contributed by atoms with E-state index in [1.807, 2.05) is 11.8 Å². The van der Waals surface area contributed by atoms with Gasteiger partial charge in [-0.1, -0.05) is 58.7 Å². The molecule has 0 aromatic rings. The third kappa shape index (κ3) is 4.14. The Labute approximate surface area is 123 Å². The van der Waals surface area contributed by atoms with E-state index in [0.29, 0.717) is 16.7 Å². The fraction of sp³-hybridized carbons (Fsp3) is 0.938. The third-order valence-electron chi connectivity index (χ3n) is 5.03. The van der Waals surface area contributed by atoms with Gasteiger partial charge >= 0.3 is 0 Å². The molecule has 2 rings (SSSR count). The summed E-state index contributed by atoms with van der Waals surface area (Å²) >= 11 is 1.96. The van der Waals surface area contributed by atoms with Gasteiger partial charge in [-0.25, -0.2) is 0 Å². The van der Waals surface area contributed by atoms with Crippen LogP contribution in [0.5, 0.6) is 0 Å². The van der Waals surface area contributed by atoms with E-state index in [1.54, 1.807) is 0 Å². The number of hydrogen-bond donors (Lipinski definition) is 1. The second-order valence-corrected chi connectivity index (χ2v) is 8.58. The van der Waals surface area contributed by atoms with Gasteiger partial charge in [0.15, 0.2) is 5.17 Å². The molecule has 1 unspecified atom stereocenters. The summed E-state index contributed by atoms with van der Waals surface area (Å²) in [6.45, 7) is 11.4. The number of thioether (sulfide) groups is 1. The van der Waals surface area contributed by atoms with Crippen LogP contribution in [0.2, 0.25) is 0 Å². The first-order chi connectivity index (χ1) is 8.91. The Balaban J connectivity index is 1.81. The first-order valence-corrected chi connectivity index (χ1v) is 8.81. The first kappa shape index (κ1) is 15.2. The van der Waals surface area contributed by atoms with Crippen molar-refractivity contribution in [3.05, 3.63) is 0 Å². The highest BCUT2D eigenvalue weighted by molar-refractivity contribution is 8.13. The number of nitrogens with one attached hydrogen (secondary N) is 1. The highest BCUT2D eigenvalue weighted by Crippen LogP contribution is 2.41. The molecule has 0 bridgehead atoms. The molecule has 110 valence electrons. The van der Waals surface area contributed by atoms with Crippen LogP contribution in [-0.4, -0.2) is 24.0 Å². The number of aliphatic imine (C=N–C) groups is 1. The maximum atomic E-state index is 4.83. The lowest BCUT2D eigenvalue weighted by Crippen LogP contribution is -2.39. The van der Waals surface area contributed by atoms with Crippen LogP contribution in [-0.2, 0) is 0 Å². The lowest BCUT2D eigenvalue weighted by Gasteiger charge is -2.38. The molecule has 1 heterocycles. The van der Waals surface area contributed by atoms with Crippen molar-refractivity contribution in [2.45, 2.75) is 59.8 Å². The van der Waals surface area contributed by atoms with Gasteiger partial charge < -0.3 is 5.32 Å². The van der Waals surface area contributed by atoms with E-state index in [1.165, 1.54) is 43.0 Å². The van der Waals surface area contributed by atoms with Crippen molar-refractivity contribution in [1.82, 2.24) is 5.32 Å². The molecule has 0 aromatic carbocycles. The van der Waals surface area contributed by atoms with Gasteiger partial charge in [0, 0.05) is 18.8 Å². The SMILES string of the molecule is CC(CNC1=NCC2(CCCCC2)CS1)C(C)(C)C. The van der Waals surface area contributed by atoms with E-state index in [-0.39, 0.29) is 0 Å². The van der Waals surface area contributed by atoms with Gasteiger partial charge in [-0.15, -0.1) is 0 Å². The van der Waals surface area contributed by atoms with E-state index >= 15 is 0 Å². The molecule has 0 amide bonds. The van der Waals surface area contributed by atoms with Gasteiger partial charge in [-0.3, -0.25) is 4.99 Å². The fourth-order valence-corrected chi connectivity index (χ4v) is 3.97. The predicted octanol–water partition coefficient (Wildman–Crippen LogP) is 4.31. The van der Waals surface area contributed by atoms with Crippen molar-refractivity contribution in [1.29, 1.82) is 0 Å². The average molecular weight is 282 g/mol. The highest BCUT2D eigenvalue weighted by Gasteiger charge is 2.35. The summed E-state index contributed by atoms with van der Waals surface area (Å²) in [6, 6.07) is 0. The fourth-order valence-electron chi connectivity index (χ4n) is 2.81. The molecule has 1 atom stereocenters. The van der Waals surface area contributed by atoms with Crippen molar-refractivity contribution in [2.24, 2.45) is 21.7 Å². The van der Waals surface area contributed by atoms with Crippen molar-refractivity contribution in [3.8, 4) is 0 Å². The van der Waals surface area contributed by atoms with Crippen LogP contribution >= 0.6 is 11.8 Å². The molecule has 3 heteroatoms. The minimum Gasteiger partial charge on any atom is -0.365 e. The molecule has 19 heavy (non-hydrogen) atoms. The zero-order chi connectivity index (χ0) is 13.9. The smallest absolute Gasteiger partial charge is 0.156 e. The Morgan fingerprint density at radius 2 is 1.95 bits per heavy atom. The van der Waals surface area contributed by atoms with Crippen LogP contribution in [0.25, 0.3) is 0 Å². The predicted molar refractivity (Wildman–Crippen MR) is 86.9 cm³/mol. The van der Waals surface area contributed by atoms with E-state index in [0.717, 1.165) is 13.1 Å². The van der Waals surface area contributed by atoms with Gasteiger partial charge in [0.05, 0.1) is 0 Å². The standard InChI is InChI=1S/C16H30N2S/c1-13(15(2,3)4)10-17-14-18-11-16(12-19-14)8-6-5-7-9-16/h13H,5-12H2,1-4H3,(H,17,18). The zero-order valence-electron chi connectivity index (χ0n) is 13.1. The van der Waals surface area contributed by atoms with E-state index < -0.39 is 0 Å². The maximum Gasteiger partial charge on any atom is 0.156 e. The van der Waals surface area contributed by atoms with Crippen molar-refractivity contribution in [2.75, 3.05) is 18.8 Å². The molecule has 0 saturated heterocycles. The van der Waals surface area contributed by atoms with Crippen molar-refractivity contribution >= 4 is 16.9 Å². The van der Waals surface area contributed by atoms with Crippen LogP contribution in [0.3, 0.4) is 0 Å². The van der Waals surface area contributed by atoms with Crippen LogP contribution in [0.15, 0.2) is 4.99 Å². The zero-order valence-corrected chi connectivity index (χ0v) is 13.9. The molecule has 2 nitrogen and oxygen atoms in total. The lowest BCUT2D eigenvalue weighted by atomic mass is 9.75. The molecule has 1 saturated carbocycles. The van der Waals surface area contributed by atoms with Gasteiger partial charge in [-0.2, -0.15) is 0 Å². The molecular formula is C16H30N2S. The quantitative estimate of drug-likeness (QED) is 0.816. The summed E-state index contributed by atoms with van der Waals surface area (Å²) in [5, 5.41) is 4.75. The van der Waals surface area contributed by atoms with Crippen molar-refractivity contribution < 1.29 is 0 Å². The Hall–Kier alpha value is -0.180. The Kier molecular flexibility index (Phi) is 4.86. The second kappa shape index (κ2) is 6.07. The lowest BCUT2D eigenvalue weighted by molar-refractivity contribution is 0.231. The second-order valence-electron chi connectivity index (χ2n) is 7.62. The summed E-state index contributed by atoms with van der Waals surface area (Å²) in [7, 11) is 0. The third-order valence-corrected chi connectivity index (χ3v) is 6.33. The van der Waals surface area contributed by atoms with Crippen LogP contribution in [0.1, 0.15) is 59.8 Å². The largest absolute Gasteiger partial charge is 0.365 e. The first-order valence-electron chi connectivity index (χ1n) is 7.82. The van der Waals surface area contributed by atoms with E-state index in [2.05, 4.69) is 33.0 Å². The van der Waals surface area contributed by atoms with Crippen molar-refractivity contribution in [3.63, 3.8) is 0 Å². The van der Waals surface area contributed by atoms with Gasteiger partial charge in [0.2, 0.25) is 0 Å². The highest BCUT2D eigenvalue weighted by atomic mass is 32.2. The molecule has 1 fully saturated rings. The maximum absolute atomic E-state index is 4.83. The molecule has 0 aromatic heterocycles.